The van der Waals surface area contributed by atoms with Crippen LogP contribution in [-0.4, -0.2) is 18.3 Å². The van der Waals surface area contributed by atoms with Gasteiger partial charge in [-0.15, -0.1) is 0 Å². The second-order valence-electron chi connectivity index (χ2n) is 3.82. The molecule has 1 heterocycles. The second kappa shape index (κ2) is 3.88. The van der Waals surface area contributed by atoms with E-state index in [-0.39, 0.29) is 5.75 Å². The summed E-state index contributed by atoms with van der Waals surface area (Å²) in [4.78, 5) is 0. The van der Waals surface area contributed by atoms with Crippen LogP contribution in [-0.2, 0) is 11.2 Å². The topological polar surface area (TPSA) is 55.5 Å². The highest BCUT2D eigenvalue weighted by Gasteiger charge is 2.16. The van der Waals surface area contributed by atoms with Crippen molar-refractivity contribution in [3.05, 3.63) is 23.8 Å². The predicted octanol–water partition coefficient (Wildman–Crippen LogP) is 1.55. The minimum absolute atomic E-state index is 0.230. The zero-order chi connectivity index (χ0) is 9.97. The molecule has 1 aromatic rings. The van der Waals surface area contributed by atoms with Gasteiger partial charge in [0, 0.05) is 25.0 Å². The van der Waals surface area contributed by atoms with Gasteiger partial charge in [-0.25, -0.2) is 0 Å². The number of phenols is 1. The fourth-order valence-corrected chi connectivity index (χ4v) is 1.82. The molecule has 2 rings (SSSR count). The van der Waals surface area contributed by atoms with Gasteiger partial charge in [-0.3, -0.25) is 0 Å². The van der Waals surface area contributed by atoms with Gasteiger partial charge in [0.25, 0.3) is 0 Å². The van der Waals surface area contributed by atoms with Gasteiger partial charge in [0.05, 0.1) is 0 Å². The monoisotopic (exact) mass is 193 g/mol. The Hall–Kier alpha value is -1.22. The molecule has 76 valence electrons. The van der Waals surface area contributed by atoms with Gasteiger partial charge in [0.15, 0.2) is 0 Å². The van der Waals surface area contributed by atoms with Crippen LogP contribution in [0.2, 0.25) is 0 Å². The summed E-state index contributed by atoms with van der Waals surface area (Å²) in [5, 5.41) is 9.19. The van der Waals surface area contributed by atoms with Gasteiger partial charge >= 0.3 is 0 Å². The van der Waals surface area contributed by atoms with Gasteiger partial charge in [-0.1, -0.05) is 6.07 Å². The normalized spacial score (nSPS) is 21.3. The standard InChI is InChI=1S/C11H15NO2/c12-11-6-10(13)2-1-9(11)5-8-3-4-14-7-8/h1-2,6,8,13H,3-5,7,12H2. The molecule has 0 aromatic heterocycles. The largest absolute Gasteiger partial charge is 0.508 e. The third kappa shape index (κ3) is 1.99. The number of aromatic hydroxyl groups is 1. The lowest BCUT2D eigenvalue weighted by Crippen LogP contribution is -2.05. The van der Waals surface area contributed by atoms with E-state index in [4.69, 9.17) is 10.5 Å². The molecule has 1 fully saturated rings. The van der Waals surface area contributed by atoms with Crippen LogP contribution in [0.4, 0.5) is 5.69 Å². The minimum Gasteiger partial charge on any atom is -0.508 e. The summed E-state index contributed by atoms with van der Waals surface area (Å²) in [6, 6.07) is 5.18. The maximum absolute atomic E-state index is 9.19. The van der Waals surface area contributed by atoms with Gasteiger partial charge < -0.3 is 15.6 Å². The van der Waals surface area contributed by atoms with Crippen molar-refractivity contribution in [2.24, 2.45) is 5.92 Å². The molecule has 3 N–H and O–H groups in total. The number of nitrogens with two attached hydrogens (primary N) is 1. The molecule has 3 nitrogen and oxygen atoms in total. The van der Waals surface area contributed by atoms with E-state index in [2.05, 4.69) is 0 Å². The van der Waals surface area contributed by atoms with Gasteiger partial charge in [0.2, 0.25) is 0 Å². The molecule has 0 amide bonds. The van der Waals surface area contributed by atoms with Crippen molar-refractivity contribution in [1.29, 1.82) is 0 Å². The van der Waals surface area contributed by atoms with E-state index in [1.54, 1.807) is 12.1 Å². The van der Waals surface area contributed by atoms with Gasteiger partial charge in [-0.2, -0.15) is 0 Å². The first-order chi connectivity index (χ1) is 6.75. The summed E-state index contributed by atoms with van der Waals surface area (Å²) < 4.78 is 5.30. The summed E-state index contributed by atoms with van der Waals surface area (Å²) in [6.07, 6.45) is 2.06. The third-order valence-corrected chi connectivity index (χ3v) is 2.66. The van der Waals surface area contributed by atoms with Crippen molar-refractivity contribution in [1.82, 2.24) is 0 Å². The SMILES string of the molecule is Nc1cc(O)ccc1CC1CCOC1. The van der Waals surface area contributed by atoms with Crippen LogP contribution in [0, 0.1) is 5.92 Å². The van der Waals surface area contributed by atoms with E-state index in [0.717, 1.165) is 31.6 Å². The number of benzene rings is 1. The quantitative estimate of drug-likeness (QED) is 0.701. The molecule has 0 aliphatic carbocycles. The first-order valence-electron chi connectivity index (χ1n) is 4.91. The van der Waals surface area contributed by atoms with E-state index < -0.39 is 0 Å². The van der Waals surface area contributed by atoms with E-state index in [0.29, 0.717) is 11.6 Å². The highest BCUT2D eigenvalue weighted by molar-refractivity contribution is 5.51. The molecule has 14 heavy (non-hydrogen) atoms. The summed E-state index contributed by atoms with van der Waals surface area (Å²) >= 11 is 0. The highest BCUT2D eigenvalue weighted by atomic mass is 16.5. The lowest BCUT2D eigenvalue weighted by molar-refractivity contribution is 0.186. The number of rotatable bonds is 2. The average molecular weight is 193 g/mol. The van der Waals surface area contributed by atoms with E-state index in [1.807, 2.05) is 6.07 Å². The first kappa shape index (κ1) is 9.34. The first-order valence-corrected chi connectivity index (χ1v) is 4.91. The van der Waals surface area contributed by atoms with Gasteiger partial charge in [0.1, 0.15) is 5.75 Å². The third-order valence-electron chi connectivity index (χ3n) is 2.66. The Morgan fingerprint density at radius 3 is 3.00 bits per heavy atom. The Balaban J connectivity index is 2.08. The van der Waals surface area contributed by atoms with Crippen molar-refractivity contribution >= 4 is 5.69 Å². The number of hydrogen-bond acceptors (Lipinski definition) is 3. The fourth-order valence-electron chi connectivity index (χ4n) is 1.82. The van der Waals surface area contributed by atoms with Crippen molar-refractivity contribution in [3.63, 3.8) is 0 Å². The molecule has 1 aliphatic heterocycles. The Morgan fingerprint density at radius 1 is 1.50 bits per heavy atom. The van der Waals surface area contributed by atoms with Crippen LogP contribution in [0.5, 0.6) is 5.75 Å². The van der Waals surface area contributed by atoms with Crippen LogP contribution < -0.4 is 5.73 Å². The Morgan fingerprint density at radius 2 is 2.36 bits per heavy atom. The lowest BCUT2D eigenvalue weighted by Gasteiger charge is -2.10. The fraction of sp³-hybridized carbons (Fsp3) is 0.455. The smallest absolute Gasteiger partial charge is 0.117 e. The predicted molar refractivity (Wildman–Crippen MR) is 55.1 cm³/mol. The van der Waals surface area contributed by atoms with Crippen LogP contribution in [0.1, 0.15) is 12.0 Å². The summed E-state index contributed by atoms with van der Waals surface area (Å²) in [5.41, 5.74) is 7.59. The Kier molecular flexibility index (Phi) is 2.59. The zero-order valence-electron chi connectivity index (χ0n) is 8.07. The van der Waals surface area contributed by atoms with E-state index in [1.165, 1.54) is 0 Å². The van der Waals surface area contributed by atoms with Crippen molar-refractivity contribution < 1.29 is 9.84 Å². The molecule has 3 heteroatoms. The Labute approximate surface area is 83.5 Å². The lowest BCUT2D eigenvalue weighted by atomic mass is 9.97. The minimum atomic E-state index is 0.230. The number of anilines is 1. The second-order valence-corrected chi connectivity index (χ2v) is 3.82. The van der Waals surface area contributed by atoms with E-state index in [9.17, 15) is 5.11 Å². The number of hydrogen-bond donors (Lipinski definition) is 2. The molecule has 0 spiro atoms. The number of phenolic OH excluding ortho intramolecular Hbond substituents is 1. The van der Waals surface area contributed by atoms with Crippen LogP contribution >= 0.6 is 0 Å². The zero-order valence-corrected chi connectivity index (χ0v) is 8.07. The highest BCUT2D eigenvalue weighted by Crippen LogP contribution is 2.24. The molecule has 1 unspecified atom stereocenters. The summed E-state index contributed by atoms with van der Waals surface area (Å²) in [7, 11) is 0. The summed E-state index contributed by atoms with van der Waals surface area (Å²) in [6.45, 7) is 1.70. The number of nitrogen functional groups attached to an aromatic ring is 1. The van der Waals surface area contributed by atoms with Crippen LogP contribution in [0.3, 0.4) is 0 Å². The molecule has 1 aromatic carbocycles. The molecule has 1 saturated heterocycles. The van der Waals surface area contributed by atoms with Crippen LogP contribution in [0.25, 0.3) is 0 Å². The molecule has 0 saturated carbocycles. The van der Waals surface area contributed by atoms with Crippen molar-refractivity contribution in [2.75, 3.05) is 18.9 Å². The summed E-state index contributed by atoms with van der Waals surface area (Å²) in [5.74, 6) is 0.816. The number of ether oxygens (including phenoxy) is 1. The maximum atomic E-state index is 9.19. The molecule has 0 radical (unpaired) electrons. The molecule has 0 bridgehead atoms. The Bertz CT molecular complexity index is 319. The van der Waals surface area contributed by atoms with Crippen molar-refractivity contribution in [2.45, 2.75) is 12.8 Å². The van der Waals surface area contributed by atoms with Crippen molar-refractivity contribution in [3.8, 4) is 5.75 Å². The van der Waals surface area contributed by atoms with Gasteiger partial charge in [-0.05, 0) is 30.4 Å². The van der Waals surface area contributed by atoms with E-state index >= 15 is 0 Å². The average Bonchev–Trinajstić information content (AvgIpc) is 2.62. The molecule has 1 atom stereocenters. The molecular formula is C11H15NO2. The molecule has 1 aliphatic rings. The molecular weight excluding hydrogens is 178 g/mol. The maximum Gasteiger partial charge on any atom is 0.117 e. The van der Waals surface area contributed by atoms with Crippen LogP contribution in [0.15, 0.2) is 18.2 Å².